The molecule has 1 aliphatic carbocycles. The average Bonchev–Trinajstić information content (AvgIpc) is 3.57. The van der Waals surface area contributed by atoms with E-state index in [9.17, 15) is 8.78 Å². The normalized spacial score (nSPS) is 26.1. The number of nitrogens with zero attached hydrogens (tertiary/aromatic N) is 5. The molecule has 2 bridgehead atoms. The number of ether oxygens (including phenoxy) is 1. The third kappa shape index (κ3) is 4.54. The Morgan fingerprint density at radius 3 is 2.74 bits per heavy atom. The molecular weight excluding hydrogens is 587 g/mol. The molecule has 42 heavy (non-hydrogen) atoms. The largest absolute Gasteiger partial charge is 0.462 e. The smallest absolute Gasteiger partial charge is 0.319 e. The zero-order chi connectivity index (χ0) is 29.3. The maximum atomic E-state index is 16.7. The van der Waals surface area contributed by atoms with Gasteiger partial charge in [-0.25, -0.2) is 18.2 Å². The maximum absolute atomic E-state index is 16.7. The van der Waals surface area contributed by atoms with Gasteiger partial charge in [-0.2, -0.15) is 9.97 Å². The summed E-state index contributed by atoms with van der Waals surface area (Å²) in [6.07, 6.45) is 2.60. The number of alkyl halides is 1. The molecule has 2 aliphatic heterocycles. The van der Waals surface area contributed by atoms with Crippen LogP contribution in [0.5, 0.6) is 6.01 Å². The van der Waals surface area contributed by atoms with Gasteiger partial charge in [0.1, 0.15) is 29.9 Å². The van der Waals surface area contributed by atoms with Gasteiger partial charge in [-0.3, -0.25) is 4.90 Å². The summed E-state index contributed by atoms with van der Waals surface area (Å²) in [6.45, 7) is 1.27. The van der Waals surface area contributed by atoms with E-state index in [1.165, 1.54) is 12.1 Å². The Bertz CT molecular complexity index is 1690. The fourth-order valence-corrected chi connectivity index (χ4v) is 8.20. The van der Waals surface area contributed by atoms with Gasteiger partial charge < -0.3 is 20.7 Å². The molecule has 2 aromatic carbocycles. The van der Waals surface area contributed by atoms with Gasteiger partial charge in [0.15, 0.2) is 10.9 Å². The molecule has 4 heterocycles. The van der Waals surface area contributed by atoms with Crippen molar-refractivity contribution < 1.29 is 17.9 Å². The number of aromatic nitrogens is 3. The molecule has 222 valence electrons. The van der Waals surface area contributed by atoms with Crippen molar-refractivity contribution in [1.29, 1.82) is 0 Å². The second-order valence-corrected chi connectivity index (χ2v) is 13.0. The number of rotatable bonds is 6. The summed E-state index contributed by atoms with van der Waals surface area (Å²) in [5.41, 5.74) is 6.54. The highest BCUT2D eigenvalue weighted by molar-refractivity contribution is 7.22. The molecule has 2 unspecified atom stereocenters. The van der Waals surface area contributed by atoms with Crippen LogP contribution in [0.25, 0.3) is 32.2 Å². The second kappa shape index (κ2) is 10.7. The van der Waals surface area contributed by atoms with Gasteiger partial charge in [0.2, 0.25) is 0 Å². The molecule has 1 saturated carbocycles. The first-order valence-electron chi connectivity index (χ1n) is 14.2. The topological polar surface area (TPSA) is 92.4 Å². The maximum Gasteiger partial charge on any atom is 0.319 e. The Labute approximate surface area is 250 Å². The lowest BCUT2D eigenvalue weighted by Crippen LogP contribution is -2.45. The Kier molecular flexibility index (Phi) is 7.07. The Hall–Kier alpha value is -2.93. The fourth-order valence-electron chi connectivity index (χ4n) is 7.14. The van der Waals surface area contributed by atoms with Crippen molar-refractivity contribution in [2.45, 2.75) is 50.0 Å². The number of hydrogen-bond acceptors (Lipinski definition) is 9. The number of thiazole rings is 1. The number of hydrogen-bond donors (Lipinski definition) is 2. The number of benzene rings is 2. The van der Waals surface area contributed by atoms with Crippen LogP contribution >= 0.6 is 22.9 Å². The van der Waals surface area contributed by atoms with Crippen LogP contribution in [0.1, 0.15) is 25.7 Å². The van der Waals surface area contributed by atoms with E-state index < -0.39 is 17.8 Å². The number of halogens is 4. The minimum Gasteiger partial charge on any atom is -0.462 e. The van der Waals surface area contributed by atoms with E-state index in [1.807, 2.05) is 19.0 Å². The van der Waals surface area contributed by atoms with Gasteiger partial charge >= 0.3 is 6.01 Å². The van der Waals surface area contributed by atoms with Crippen LogP contribution in [-0.4, -0.2) is 77.9 Å². The molecule has 0 spiro atoms. The third-order valence-corrected chi connectivity index (χ3v) is 10.3. The predicted octanol–water partition coefficient (Wildman–Crippen LogP) is 5.42. The highest BCUT2D eigenvalue weighted by Gasteiger charge is 2.44. The predicted molar refractivity (Wildman–Crippen MR) is 160 cm³/mol. The standard InChI is InChI=1S/C29H31ClF3N7OS/c1-35-23-13-4-3-5-20(23)40(10-13)27-17-9-18(30)21(16-6-7-19(32)26-25(16)36-28(34)42-26)22(33)24(17)37-29(38-27)41-12-15-8-14(31)11-39(15)2/h6-7,9,13-15,20,23,35H,3-5,8,10-12H2,1-2H3,(H2,34,36)/t13?,14-,15+,20+,23?/m1/s1. The van der Waals surface area contributed by atoms with Gasteiger partial charge in [0, 0.05) is 47.7 Å². The lowest BCUT2D eigenvalue weighted by molar-refractivity contribution is 0.188. The Morgan fingerprint density at radius 2 is 2.00 bits per heavy atom. The quantitative estimate of drug-likeness (QED) is 0.296. The number of nitrogens with two attached hydrogens (primary N) is 1. The summed E-state index contributed by atoms with van der Waals surface area (Å²) in [6, 6.07) is 4.72. The van der Waals surface area contributed by atoms with Crippen LogP contribution in [-0.2, 0) is 0 Å². The van der Waals surface area contributed by atoms with Crippen molar-refractivity contribution in [3.63, 3.8) is 0 Å². The van der Waals surface area contributed by atoms with Crippen molar-refractivity contribution >= 4 is 55.0 Å². The highest BCUT2D eigenvalue weighted by Crippen LogP contribution is 2.45. The number of nitrogen functional groups attached to an aromatic ring is 1. The fraction of sp³-hybridized carbons (Fsp3) is 0.483. The summed E-state index contributed by atoms with van der Waals surface area (Å²) >= 11 is 7.80. The SMILES string of the molecule is CNC1C2CCC[C@@H]1N(c1nc(OC[C@@H]3C[C@@H](F)CN3C)nc3c(F)c(-c4ccc(F)c5sc(N)nc45)c(Cl)cc13)C2. The number of fused-ring (bicyclic) bond motifs is 4. The van der Waals surface area contributed by atoms with Gasteiger partial charge in [0.25, 0.3) is 0 Å². The van der Waals surface area contributed by atoms with Crippen LogP contribution in [0.3, 0.4) is 0 Å². The van der Waals surface area contributed by atoms with Gasteiger partial charge in [0.05, 0.1) is 15.2 Å². The number of likely N-dealkylation sites (tertiary alicyclic amines) is 1. The van der Waals surface area contributed by atoms with Crippen molar-refractivity contribution in [3.8, 4) is 17.1 Å². The van der Waals surface area contributed by atoms with Crippen LogP contribution in [0, 0.1) is 17.6 Å². The summed E-state index contributed by atoms with van der Waals surface area (Å²) in [5.74, 6) is -0.187. The number of likely N-dealkylation sites (N-methyl/N-ethyl adjacent to an activating group) is 2. The summed E-state index contributed by atoms with van der Waals surface area (Å²) in [4.78, 5) is 17.8. The molecule has 8 nitrogen and oxygen atoms in total. The summed E-state index contributed by atoms with van der Waals surface area (Å²) < 4.78 is 51.6. The van der Waals surface area contributed by atoms with E-state index in [2.05, 4.69) is 20.2 Å². The molecule has 3 fully saturated rings. The first-order valence-corrected chi connectivity index (χ1v) is 15.4. The minimum absolute atomic E-state index is 0.0185. The highest BCUT2D eigenvalue weighted by atomic mass is 35.5. The van der Waals surface area contributed by atoms with E-state index in [1.54, 1.807) is 6.07 Å². The van der Waals surface area contributed by atoms with Crippen molar-refractivity contribution in [3.05, 3.63) is 34.9 Å². The lowest BCUT2D eigenvalue weighted by atomic mass is 9.85. The summed E-state index contributed by atoms with van der Waals surface area (Å²) in [5, 5.41) is 4.24. The van der Waals surface area contributed by atoms with Crippen molar-refractivity contribution in [2.24, 2.45) is 5.92 Å². The molecule has 4 aromatic rings. The third-order valence-electron chi connectivity index (χ3n) is 9.10. The van der Waals surface area contributed by atoms with E-state index in [0.717, 1.165) is 37.1 Å². The van der Waals surface area contributed by atoms with Crippen LogP contribution in [0.2, 0.25) is 5.02 Å². The van der Waals surface area contributed by atoms with E-state index >= 15 is 4.39 Å². The van der Waals surface area contributed by atoms with E-state index in [0.29, 0.717) is 35.7 Å². The first-order chi connectivity index (χ1) is 20.2. The van der Waals surface area contributed by atoms with E-state index in [4.69, 9.17) is 27.1 Å². The lowest BCUT2D eigenvalue weighted by Gasteiger charge is -2.32. The van der Waals surface area contributed by atoms with Gasteiger partial charge in [-0.05, 0) is 57.5 Å². The first kappa shape index (κ1) is 27.9. The summed E-state index contributed by atoms with van der Waals surface area (Å²) in [7, 11) is 3.82. The Balaban J connectivity index is 1.38. The molecule has 2 aromatic heterocycles. The van der Waals surface area contributed by atoms with Gasteiger partial charge in [-0.15, -0.1) is 0 Å². The minimum atomic E-state index is -0.923. The molecule has 2 saturated heterocycles. The second-order valence-electron chi connectivity index (χ2n) is 11.6. The van der Waals surface area contributed by atoms with Crippen molar-refractivity contribution in [1.82, 2.24) is 25.2 Å². The molecule has 0 amide bonds. The van der Waals surface area contributed by atoms with Crippen molar-refractivity contribution in [2.75, 3.05) is 44.4 Å². The molecule has 3 N–H and O–H groups in total. The van der Waals surface area contributed by atoms with Crippen LogP contribution in [0.4, 0.5) is 24.1 Å². The molecule has 3 aliphatic rings. The molecule has 0 radical (unpaired) electrons. The van der Waals surface area contributed by atoms with Crippen LogP contribution in [0.15, 0.2) is 18.2 Å². The zero-order valence-corrected chi connectivity index (χ0v) is 24.8. The van der Waals surface area contributed by atoms with E-state index in [-0.39, 0.29) is 62.2 Å². The number of nitrogens with one attached hydrogen (secondary N) is 1. The molecule has 13 heteroatoms. The molecular formula is C29H31ClF3N7OS. The van der Waals surface area contributed by atoms with Crippen LogP contribution < -0.4 is 20.7 Å². The van der Waals surface area contributed by atoms with Gasteiger partial charge in [-0.1, -0.05) is 29.4 Å². The molecule has 5 atom stereocenters. The molecule has 7 rings (SSSR count). The average molecular weight is 618 g/mol. The monoisotopic (exact) mass is 617 g/mol. The zero-order valence-electron chi connectivity index (χ0n) is 23.2. The number of anilines is 2. The Morgan fingerprint density at radius 1 is 1.17 bits per heavy atom.